The maximum Gasteiger partial charge on any atom is 0.327 e. The zero-order chi connectivity index (χ0) is 28.9. The molecule has 10 nitrogen and oxygen atoms in total. The molecule has 8 fully saturated rings. The van der Waals surface area contributed by atoms with Gasteiger partial charge in [-0.15, -0.1) is 0 Å². The second-order valence-corrected chi connectivity index (χ2v) is 14.0. The first-order valence-electron chi connectivity index (χ1n) is 16.3. The number of carbonyl (C=O) groups is 2. The minimum atomic E-state index is -1.20. The first-order valence-corrected chi connectivity index (χ1v) is 16.3. The maximum absolute atomic E-state index is 14.0. The largest absolute Gasteiger partial charge is 0.458 e. The van der Waals surface area contributed by atoms with Crippen molar-refractivity contribution >= 4 is 18.0 Å². The van der Waals surface area contributed by atoms with Gasteiger partial charge in [-0.2, -0.15) is 5.06 Å². The number of hydrogen-bond acceptors (Lipinski definition) is 9. The lowest BCUT2D eigenvalue weighted by Gasteiger charge is -2.48. The lowest BCUT2D eigenvalue weighted by atomic mass is 9.62. The van der Waals surface area contributed by atoms with Crippen molar-refractivity contribution < 1.29 is 38.5 Å². The molecule has 4 saturated heterocycles. The number of hydroxylamine groups is 2. The summed E-state index contributed by atoms with van der Waals surface area (Å²) in [5.74, 6) is -0.264. The van der Waals surface area contributed by atoms with E-state index < -0.39 is 47.6 Å². The molecular formula is C33H40N2O8. The molecule has 0 aromatic heterocycles. The smallest absolute Gasteiger partial charge is 0.327 e. The number of nitrogens with one attached hydrogen (secondary N) is 1. The quantitative estimate of drug-likeness (QED) is 0.329. The number of nitrogens with zero attached hydrogens (tertiary/aromatic N) is 1. The van der Waals surface area contributed by atoms with Gasteiger partial charge in [-0.1, -0.05) is 36.4 Å². The summed E-state index contributed by atoms with van der Waals surface area (Å²) in [6, 6.07) is 7.30. The van der Waals surface area contributed by atoms with Crippen LogP contribution in [0.2, 0.25) is 0 Å². The number of benzene rings is 1. The van der Waals surface area contributed by atoms with Gasteiger partial charge in [0, 0.05) is 24.8 Å². The Labute approximate surface area is 250 Å². The summed E-state index contributed by atoms with van der Waals surface area (Å²) in [7, 11) is 0. The fourth-order valence-electron chi connectivity index (χ4n) is 8.83. The minimum Gasteiger partial charge on any atom is -0.458 e. The van der Waals surface area contributed by atoms with Crippen molar-refractivity contribution in [2.24, 2.45) is 23.2 Å². The van der Waals surface area contributed by atoms with Crippen molar-refractivity contribution in [3.63, 3.8) is 0 Å². The number of ether oxygens (including phenoxy) is 4. The van der Waals surface area contributed by atoms with Crippen LogP contribution in [-0.4, -0.2) is 83.7 Å². The molecule has 8 aliphatic rings. The van der Waals surface area contributed by atoms with Crippen LogP contribution in [0.5, 0.6) is 0 Å². The monoisotopic (exact) mass is 592 g/mol. The summed E-state index contributed by atoms with van der Waals surface area (Å²) in [6.45, 7) is 0.221. The standard InChI is InChI=1S/C33H40N2O8/c36-13-12-34-31(38)32-16-25-26-27(42-33(41-26,21-7-8-21)22-9-10-22)29(32)43-35(28(32)30(37)40-25)17-20-3-1-2-18(14-20)4-5-19-6-11-23-24(15-19)39-23/h1-5,14,19,21-29,36H,6-13,15-17H2,(H,34,38). The number of epoxide rings is 1. The van der Waals surface area contributed by atoms with Gasteiger partial charge in [-0.05, 0) is 62.0 Å². The van der Waals surface area contributed by atoms with Crippen LogP contribution in [0.15, 0.2) is 30.3 Å². The Kier molecular flexibility index (Phi) is 6.17. The van der Waals surface area contributed by atoms with E-state index in [0.717, 1.165) is 56.1 Å². The highest BCUT2D eigenvalue weighted by Gasteiger charge is 2.78. The summed E-state index contributed by atoms with van der Waals surface area (Å²) in [5.41, 5.74) is 0.853. The van der Waals surface area contributed by atoms with E-state index in [1.165, 1.54) is 0 Å². The van der Waals surface area contributed by atoms with E-state index in [4.69, 9.17) is 23.8 Å². The number of hydrogen-bond donors (Lipinski definition) is 2. The Morgan fingerprint density at radius 2 is 1.86 bits per heavy atom. The maximum atomic E-state index is 14.0. The molecule has 4 aliphatic carbocycles. The normalized spacial score (nSPS) is 42.4. The summed E-state index contributed by atoms with van der Waals surface area (Å²) < 4.78 is 25.4. The summed E-state index contributed by atoms with van der Waals surface area (Å²) in [4.78, 5) is 34.4. The van der Waals surface area contributed by atoms with Gasteiger partial charge in [0.25, 0.3) is 0 Å². The van der Waals surface area contributed by atoms with Crippen LogP contribution in [0.25, 0.3) is 6.08 Å². The highest BCUT2D eigenvalue weighted by Crippen LogP contribution is 2.63. The molecule has 230 valence electrons. The molecule has 0 radical (unpaired) electrons. The first-order chi connectivity index (χ1) is 21.0. The molecule has 1 aromatic carbocycles. The minimum absolute atomic E-state index is 0.0994. The number of allylic oxidation sites excluding steroid dienone is 1. The van der Waals surface area contributed by atoms with Crippen LogP contribution in [0, 0.1) is 23.2 Å². The fraction of sp³-hybridized carbons (Fsp3) is 0.697. The number of rotatable bonds is 9. The Bertz CT molecular complexity index is 1330. The van der Waals surface area contributed by atoms with Crippen LogP contribution < -0.4 is 5.32 Å². The number of amides is 1. The third-order valence-electron chi connectivity index (χ3n) is 11.2. The SMILES string of the molecule is O=C1OC2CC3(C(=O)NCCO)C(ON(Cc4cccc(C=CC5CCC6OC6C5)c4)C13)C1OC(C3CC3)(C3CC3)OC21. The average Bonchev–Trinajstić information content (AvgIpc) is 3.90. The molecule has 2 N–H and O–H groups in total. The highest BCUT2D eigenvalue weighted by atomic mass is 16.8. The number of fused-ring (bicyclic) bond motifs is 5. The molecule has 9 unspecified atom stereocenters. The van der Waals surface area contributed by atoms with E-state index in [9.17, 15) is 14.7 Å². The summed E-state index contributed by atoms with van der Waals surface area (Å²) in [5, 5.41) is 14.0. The lowest BCUT2D eigenvalue weighted by molar-refractivity contribution is -0.235. The van der Waals surface area contributed by atoms with E-state index in [1.807, 2.05) is 12.1 Å². The highest BCUT2D eigenvalue weighted by molar-refractivity contribution is 5.93. The van der Waals surface area contributed by atoms with Crippen LogP contribution in [0.1, 0.15) is 62.5 Å². The second kappa shape index (κ2) is 9.83. The Morgan fingerprint density at radius 3 is 2.63 bits per heavy atom. The van der Waals surface area contributed by atoms with Gasteiger partial charge in [0.05, 0.1) is 25.4 Å². The fourth-order valence-corrected chi connectivity index (χ4v) is 8.83. The average molecular weight is 593 g/mol. The van der Waals surface area contributed by atoms with Gasteiger partial charge in [0.1, 0.15) is 29.8 Å². The molecule has 0 spiro atoms. The number of esters is 1. The van der Waals surface area contributed by atoms with Crippen molar-refractivity contribution in [1.82, 2.24) is 10.4 Å². The van der Waals surface area contributed by atoms with Crippen molar-refractivity contribution in [3.05, 3.63) is 41.5 Å². The van der Waals surface area contributed by atoms with Crippen LogP contribution in [0.3, 0.4) is 0 Å². The molecule has 4 heterocycles. The first kappa shape index (κ1) is 27.0. The van der Waals surface area contributed by atoms with Gasteiger partial charge >= 0.3 is 5.97 Å². The van der Waals surface area contributed by atoms with E-state index in [0.29, 0.717) is 42.9 Å². The van der Waals surface area contributed by atoms with Crippen molar-refractivity contribution in [3.8, 4) is 0 Å². The number of aliphatic hydroxyl groups is 1. The van der Waals surface area contributed by atoms with Crippen molar-refractivity contribution in [2.75, 3.05) is 13.2 Å². The van der Waals surface area contributed by atoms with Crippen LogP contribution in [-0.2, 0) is 39.9 Å². The zero-order valence-electron chi connectivity index (χ0n) is 24.3. The van der Waals surface area contributed by atoms with Gasteiger partial charge in [-0.25, -0.2) is 0 Å². The number of carbonyl (C=O) groups excluding carboxylic acids is 2. The third-order valence-corrected chi connectivity index (χ3v) is 11.2. The van der Waals surface area contributed by atoms with Crippen molar-refractivity contribution in [1.29, 1.82) is 0 Å². The summed E-state index contributed by atoms with van der Waals surface area (Å²) in [6.07, 6.45) is 11.0. The molecular weight excluding hydrogens is 552 g/mol. The molecule has 43 heavy (non-hydrogen) atoms. The van der Waals surface area contributed by atoms with E-state index in [1.54, 1.807) is 5.06 Å². The molecule has 4 saturated carbocycles. The molecule has 9 atom stereocenters. The topological polar surface area (TPSA) is 119 Å². The van der Waals surface area contributed by atoms with Gasteiger partial charge in [0.15, 0.2) is 11.8 Å². The Hall–Kier alpha value is -2.34. The predicted octanol–water partition coefficient (Wildman–Crippen LogP) is 2.48. The van der Waals surface area contributed by atoms with Gasteiger partial charge < -0.3 is 29.4 Å². The van der Waals surface area contributed by atoms with E-state index in [-0.39, 0.29) is 19.1 Å². The second-order valence-electron chi connectivity index (χ2n) is 14.0. The third kappa shape index (κ3) is 4.28. The molecule has 2 bridgehead atoms. The molecule has 1 amide bonds. The Morgan fingerprint density at radius 1 is 1.05 bits per heavy atom. The molecule has 4 aliphatic heterocycles. The van der Waals surface area contributed by atoms with Crippen LogP contribution >= 0.6 is 0 Å². The van der Waals surface area contributed by atoms with E-state index in [2.05, 4.69) is 29.6 Å². The number of aliphatic hydroxyl groups excluding tert-OH is 1. The molecule has 10 heteroatoms. The van der Waals surface area contributed by atoms with Crippen molar-refractivity contribution in [2.45, 2.75) is 106 Å². The van der Waals surface area contributed by atoms with E-state index >= 15 is 0 Å². The predicted molar refractivity (Wildman–Crippen MR) is 151 cm³/mol. The molecule has 1 aromatic rings. The zero-order valence-corrected chi connectivity index (χ0v) is 24.3. The Balaban J connectivity index is 1.01. The van der Waals surface area contributed by atoms with Gasteiger partial charge in [-0.3, -0.25) is 14.4 Å². The van der Waals surface area contributed by atoms with Crippen LogP contribution in [0.4, 0.5) is 0 Å². The summed E-state index contributed by atoms with van der Waals surface area (Å²) >= 11 is 0. The van der Waals surface area contributed by atoms with Gasteiger partial charge in [0.2, 0.25) is 5.91 Å². The molecule has 9 rings (SSSR count). The lowest BCUT2D eigenvalue weighted by Crippen LogP contribution is -2.69.